The van der Waals surface area contributed by atoms with E-state index in [0.29, 0.717) is 18.8 Å². The van der Waals surface area contributed by atoms with Crippen molar-refractivity contribution in [2.24, 2.45) is 5.92 Å². The minimum absolute atomic E-state index is 0.00731. The number of hydrogen-bond donors (Lipinski definition) is 3. The predicted molar refractivity (Wildman–Crippen MR) is 65.3 cm³/mol. The summed E-state index contributed by atoms with van der Waals surface area (Å²) < 4.78 is 0.842. The molecule has 4 nitrogen and oxygen atoms in total. The quantitative estimate of drug-likeness (QED) is 0.718. The molecule has 1 aromatic rings. The van der Waals surface area contributed by atoms with Crippen molar-refractivity contribution in [2.75, 3.05) is 18.8 Å². The first kappa shape index (κ1) is 11.4. The highest BCUT2D eigenvalue weighted by atomic mass is 79.9. The maximum Gasteiger partial charge on any atom is 0.308 e. The molecule has 86 valence electrons. The summed E-state index contributed by atoms with van der Waals surface area (Å²) in [5.41, 5.74) is 7.43. The molecule has 1 aliphatic heterocycles. The van der Waals surface area contributed by atoms with Crippen molar-refractivity contribution >= 4 is 27.6 Å². The monoisotopic (exact) mass is 284 g/mol. The molecule has 0 aromatic heterocycles. The molecule has 4 N–H and O–H groups in total. The van der Waals surface area contributed by atoms with Crippen LogP contribution in [0.25, 0.3) is 0 Å². The van der Waals surface area contributed by atoms with Gasteiger partial charge in [-0.3, -0.25) is 4.79 Å². The summed E-state index contributed by atoms with van der Waals surface area (Å²) in [4.78, 5) is 11.1. The number of nitrogen functional groups attached to an aromatic ring is 1. The van der Waals surface area contributed by atoms with Crippen LogP contribution in [0, 0.1) is 5.92 Å². The van der Waals surface area contributed by atoms with Gasteiger partial charge in [0.1, 0.15) is 0 Å². The number of carboxylic acid groups (broad SMARTS) is 1. The average molecular weight is 285 g/mol. The van der Waals surface area contributed by atoms with Crippen LogP contribution in [0.5, 0.6) is 0 Å². The van der Waals surface area contributed by atoms with Gasteiger partial charge in [-0.05, 0) is 33.6 Å². The number of aliphatic carboxylic acids is 1. The summed E-state index contributed by atoms with van der Waals surface area (Å²) in [6.07, 6.45) is 0. The van der Waals surface area contributed by atoms with Gasteiger partial charge in [0, 0.05) is 29.2 Å². The van der Waals surface area contributed by atoms with Gasteiger partial charge in [-0.25, -0.2) is 0 Å². The van der Waals surface area contributed by atoms with E-state index >= 15 is 0 Å². The van der Waals surface area contributed by atoms with E-state index in [2.05, 4.69) is 21.2 Å². The molecule has 2 atom stereocenters. The Kier molecular flexibility index (Phi) is 3.16. The highest BCUT2D eigenvalue weighted by Gasteiger charge is 2.33. The summed E-state index contributed by atoms with van der Waals surface area (Å²) in [5.74, 6) is -1.11. The zero-order chi connectivity index (χ0) is 11.7. The van der Waals surface area contributed by atoms with Crippen LogP contribution in [0.2, 0.25) is 0 Å². The minimum atomic E-state index is -0.753. The predicted octanol–water partition coefficient (Wildman–Crippen LogP) is 1.42. The zero-order valence-corrected chi connectivity index (χ0v) is 10.2. The largest absolute Gasteiger partial charge is 0.481 e. The van der Waals surface area contributed by atoms with Gasteiger partial charge in [-0.2, -0.15) is 0 Å². The second kappa shape index (κ2) is 4.43. The lowest BCUT2D eigenvalue weighted by Gasteiger charge is -2.15. The molecule has 1 aromatic carbocycles. The lowest BCUT2D eigenvalue weighted by molar-refractivity contribution is -0.141. The number of nitrogens with two attached hydrogens (primary N) is 1. The first-order valence-corrected chi connectivity index (χ1v) is 5.87. The number of anilines is 1. The fourth-order valence-corrected chi connectivity index (χ4v) is 2.33. The fourth-order valence-electron chi connectivity index (χ4n) is 2.08. The minimum Gasteiger partial charge on any atom is -0.481 e. The van der Waals surface area contributed by atoms with Gasteiger partial charge in [0.05, 0.1) is 5.92 Å². The molecule has 1 fully saturated rings. The van der Waals surface area contributed by atoms with E-state index in [9.17, 15) is 4.79 Å². The normalized spacial score (nSPS) is 24.6. The topological polar surface area (TPSA) is 75.3 Å². The Morgan fingerprint density at radius 2 is 2.25 bits per heavy atom. The number of halogens is 1. The van der Waals surface area contributed by atoms with Crippen molar-refractivity contribution in [3.8, 4) is 0 Å². The smallest absolute Gasteiger partial charge is 0.308 e. The van der Waals surface area contributed by atoms with Gasteiger partial charge in [0.25, 0.3) is 0 Å². The number of nitrogens with one attached hydrogen (secondary N) is 1. The Balaban J connectivity index is 2.29. The van der Waals surface area contributed by atoms with Crippen LogP contribution in [0.15, 0.2) is 22.7 Å². The van der Waals surface area contributed by atoms with Crippen LogP contribution in [-0.2, 0) is 4.79 Å². The third-order valence-corrected chi connectivity index (χ3v) is 3.70. The lowest BCUT2D eigenvalue weighted by Crippen LogP contribution is -2.21. The van der Waals surface area contributed by atoms with E-state index in [4.69, 9.17) is 10.8 Å². The average Bonchev–Trinajstić information content (AvgIpc) is 2.71. The Labute approximate surface area is 102 Å². The molecular formula is C11H13BrN2O2. The van der Waals surface area contributed by atoms with E-state index in [1.54, 1.807) is 0 Å². The maximum atomic E-state index is 11.1. The first-order chi connectivity index (χ1) is 7.59. The molecule has 2 unspecified atom stereocenters. The van der Waals surface area contributed by atoms with Gasteiger partial charge in [-0.1, -0.05) is 6.07 Å². The van der Waals surface area contributed by atoms with Gasteiger partial charge in [-0.15, -0.1) is 0 Å². The standard InChI is InChI=1S/C11H13BrN2O2/c12-9-2-1-6(3-10(9)13)7-4-14-5-8(7)11(15)16/h1-3,7-8,14H,4-5,13H2,(H,15,16). The van der Waals surface area contributed by atoms with E-state index < -0.39 is 5.97 Å². The molecule has 0 saturated carbocycles. The van der Waals surface area contributed by atoms with Crippen LogP contribution in [-0.4, -0.2) is 24.2 Å². The molecular weight excluding hydrogens is 272 g/mol. The fraction of sp³-hybridized carbons (Fsp3) is 0.364. The third kappa shape index (κ3) is 2.05. The number of carboxylic acids is 1. The van der Waals surface area contributed by atoms with E-state index in [1.165, 1.54) is 0 Å². The molecule has 0 radical (unpaired) electrons. The molecule has 0 aliphatic carbocycles. The van der Waals surface area contributed by atoms with E-state index in [-0.39, 0.29) is 11.8 Å². The molecule has 2 rings (SSSR count). The molecule has 0 bridgehead atoms. The first-order valence-electron chi connectivity index (χ1n) is 5.08. The van der Waals surface area contributed by atoms with Gasteiger partial charge < -0.3 is 16.2 Å². The highest BCUT2D eigenvalue weighted by molar-refractivity contribution is 9.10. The molecule has 16 heavy (non-hydrogen) atoms. The Bertz CT molecular complexity index is 422. The molecule has 0 spiro atoms. The van der Waals surface area contributed by atoms with Crippen LogP contribution in [0.4, 0.5) is 5.69 Å². The summed E-state index contributed by atoms with van der Waals surface area (Å²) in [7, 11) is 0. The van der Waals surface area contributed by atoms with Crippen molar-refractivity contribution in [3.05, 3.63) is 28.2 Å². The summed E-state index contributed by atoms with van der Waals surface area (Å²) in [6.45, 7) is 1.22. The molecule has 1 saturated heterocycles. The van der Waals surface area contributed by atoms with E-state index in [0.717, 1.165) is 10.0 Å². The maximum absolute atomic E-state index is 11.1. The molecule has 1 aliphatic rings. The van der Waals surface area contributed by atoms with Gasteiger partial charge in [0.2, 0.25) is 0 Å². The Morgan fingerprint density at radius 3 is 2.88 bits per heavy atom. The van der Waals surface area contributed by atoms with Crippen LogP contribution >= 0.6 is 15.9 Å². The zero-order valence-electron chi connectivity index (χ0n) is 8.61. The summed E-state index contributed by atoms with van der Waals surface area (Å²) in [5, 5.41) is 12.2. The van der Waals surface area contributed by atoms with Crippen molar-refractivity contribution in [3.63, 3.8) is 0 Å². The lowest BCUT2D eigenvalue weighted by atomic mass is 9.89. The van der Waals surface area contributed by atoms with Gasteiger partial charge in [0.15, 0.2) is 0 Å². The van der Waals surface area contributed by atoms with Crippen molar-refractivity contribution in [2.45, 2.75) is 5.92 Å². The Morgan fingerprint density at radius 1 is 1.50 bits per heavy atom. The van der Waals surface area contributed by atoms with Crippen molar-refractivity contribution in [1.29, 1.82) is 0 Å². The molecule has 1 heterocycles. The Hall–Kier alpha value is -1.07. The van der Waals surface area contributed by atoms with Crippen molar-refractivity contribution < 1.29 is 9.90 Å². The third-order valence-electron chi connectivity index (χ3n) is 2.98. The van der Waals surface area contributed by atoms with Crippen LogP contribution in [0.1, 0.15) is 11.5 Å². The SMILES string of the molecule is Nc1cc(C2CNCC2C(=O)O)ccc1Br. The number of rotatable bonds is 2. The van der Waals surface area contributed by atoms with Crippen LogP contribution < -0.4 is 11.1 Å². The second-order valence-corrected chi connectivity index (χ2v) is 4.84. The molecule has 0 amide bonds. The summed E-state index contributed by atoms with van der Waals surface area (Å²) in [6, 6.07) is 5.63. The molecule has 5 heteroatoms. The highest BCUT2D eigenvalue weighted by Crippen LogP contribution is 2.31. The second-order valence-electron chi connectivity index (χ2n) is 3.99. The number of hydrogen-bond acceptors (Lipinski definition) is 3. The van der Waals surface area contributed by atoms with Gasteiger partial charge >= 0.3 is 5.97 Å². The van der Waals surface area contributed by atoms with Crippen LogP contribution in [0.3, 0.4) is 0 Å². The number of carbonyl (C=O) groups is 1. The number of benzene rings is 1. The van der Waals surface area contributed by atoms with Crippen molar-refractivity contribution in [1.82, 2.24) is 5.32 Å². The van der Waals surface area contributed by atoms with E-state index in [1.807, 2.05) is 18.2 Å². The summed E-state index contributed by atoms with van der Waals surface area (Å²) >= 11 is 3.33.